The van der Waals surface area contributed by atoms with Crippen LogP contribution in [0.1, 0.15) is 57.8 Å². The minimum Gasteiger partial charge on any atom is -0.352 e. The minimum absolute atomic E-state index is 0.176. The number of rotatable bonds is 5. The van der Waals surface area contributed by atoms with Crippen LogP contribution in [0.25, 0.3) is 10.8 Å². The Balaban J connectivity index is 2.13. The third kappa shape index (κ3) is 2.46. The van der Waals surface area contributed by atoms with Crippen LogP contribution in [0.5, 0.6) is 0 Å². The van der Waals surface area contributed by atoms with Gasteiger partial charge in [-0.05, 0) is 36.9 Å². The van der Waals surface area contributed by atoms with Crippen molar-refractivity contribution >= 4 is 28.5 Å². The summed E-state index contributed by atoms with van der Waals surface area (Å²) in [6.45, 7) is 4.77. The van der Waals surface area contributed by atoms with Gasteiger partial charge >= 0.3 is 0 Å². The molecule has 3 rings (SSSR count). The van der Waals surface area contributed by atoms with Crippen molar-refractivity contribution in [2.75, 3.05) is 13.1 Å². The van der Waals surface area contributed by atoms with Crippen LogP contribution in [-0.4, -0.2) is 35.7 Å². The number of hydrogen-bond acceptors (Lipinski definition) is 3. The van der Waals surface area contributed by atoms with Crippen LogP contribution in [0.4, 0.5) is 0 Å². The van der Waals surface area contributed by atoms with E-state index in [0.717, 1.165) is 12.8 Å². The predicted octanol–water partition coefficient (Wildman–Crippen LogP) is 2.99. The van der Waals surface area contributed by atoms with Crippen molar-refractivity contribution in [1.29, 1.82) is 0 Å². The van der Waals surface area contributed by atoms with E-state index in [-0.39, 0.29) is 17.7 Å². The van der Waals surface area contributed by atoms with Crippen molar-refractivity contribution in [3.05, 3.63) is 47.0 Å². The molecule has 124 valence electrons. The van der Waals surface area contributed by atoms with Gasteiger partial charge in [-0.1, -0.05) is 25.5 Å². The predicted molar refractivity (Wildman–Crippen MR) is 92.2 cm³/mol. The Morgan fingerprint density at radius 1 is 1.04 bits per heavy atom. The molecule has 0 aliphatic carbocycles. The Morgan fingerprint density at radius 2 is 1.75 bits per heavy atom. The van der Waals surface area contributed by atoms with Crippen molar-refractivity contribution in [2.24, 2.45) is 0 Å². The Morgan fingerprint density at radius 3 is 2.42 bits per heavy atom. The lowest BCUT2D eigenvalue weighted by molar-refractivity contribution is 0.0619. The van der Waals surface area contributed by atoms with E-state index in [1.807, 2.05) is 0 Å². The highest BCUT2D eigenvalue weighted by atomic mass is 16.2. The molecule has 0 saturated carbocycles. The summed E-state index contributed by atoms with van der Waals surface area (Å²) in [5, 5.41) is 4.12. The second kappa shape index (κ2) is 6.43. The lowest BCUT2D eigenvalue weighted by atomic mass is 9.91. The molecule has 0 saturated heterocycles. The highest BCUT2D eigenvalue weighted by Gasteiger charge is 2.32. The van der Waals surface area contributed by atoms with Gasteiger partial charge in [-0.3, -0.25) is 19.3 Å². The molecule has 1 N–H and O–H groups in total. The van der Waals surface area contributed by atoms with Gasteiger partial charge in [-0.15, -0.1) is 0 Å². The maximum atomic E-state index is 12.5. The lowest BCUT2D eigenvalue weighted by Gasteiger charge is -2.26. The van der Waals surface area contributed by atoms with Crippen LogP contribution in [0, 0.1) is 0 Å². The van der Waals surface area contributed by atoms with E-state index in [4.69, 9.17) is 0 Å². The first kappa shape index (κ1) is 16.2. The fourth-order valence-electron chi connectivity index (χ4n) is 3.11. The molecule has 3 amide bonds. The van der Waals surface area contributed by atoms with E-state index < -0.39 is 0 Å². The molecule has 2 aromatic rings. The number of imide groups is 1. The van der Waals surface area contributed by atoms with Gasteiger partial charge in [0, 0.05) is 35.2 Å². The van der Waals surface area contributed by atoms with E-state index in [1.54, 1.807) is 37.3 Å². The van der Waals surface area contributed by atoms with Crippen LogP contribution in [0.15, 0.2) is 30.3 Å². The largest absolute Gasteiger partial charge is 0.352 e. The zero-order chi connectivity index (χ0) is 17.3. The summed E-state index contributed by atoms with van der Waals surface area (Å²) in [6.07, 6.45) is 1.91. The second-order valence-electron chi connectivity index (χ2n) is 5.85. The first-order valence-electron chi connectivity index (χ1n) is 8.30. The summed E-state index contributed by atoms with van der Waals surface area (Å²) in [7, 11) is 0. The summed E-state index contributed by atoms with van der Waals surface area (Å²) < 4.78 is 0. The monoisotopic (exact) mass is 324 g/mol. The van der Waals surface area contributed by atoms with Gasteiger partial charge in [0.05, 0.1) is 0 Å². The smallest absolute Gasteiger partial charge is 0.261 e. The number of hydrogen-bond donors (Lipinski definition) is 1. The molecule has 0 atom stereocenters. The molecular weight excluding hydrogens is 304 g/mol. The Bertz CT molecular complexity index is 820. The topological polar surface area (TPSA) is 66.5 Å². The van der Waals surface area contributed by atoms with Crippen molar-refractivity contribution < 1.29 is 14.4 Å². The quantitative estimate of drug-likeness (QED) is 0.679. The summed E-state index contributed by atoms with van der Waals surface area (Å²) >= 11 is 0. The third-order valence-electron chi connectivity index (χ3n) is 4.37. The van der Waals surface area contributed by atoms with Crippen molar-refractivity contribution in [3.63, 3.8) is 0 Å². The average Bonchev–Trinajstić information content (AvgIpc) is 2.59. The number of nitrogens with zero attached hydrogens (tertiary/aromatic N) is 1. The maximum Gasteiger partial charge on any atom is 0.261 e. The molecule has 0 radical (unpaired) electrons. The van der Waals surface area contributed by atoms with Gasteiger partial charge in [0.1, 0.15) is 0 Å². The Hall–Kier alpha value is -2.69. The highest BCUT2D eigenvalue weighted by Crippen LogP contribution is 2.32. The Labute approximate surface area is 140 Å². The summed E-state index contributed by atoms with van der Waals surface area (Å²) in [5.41, 5.74) is 1.46. The number of carbonyl (C=O) groups excluding carboxylic acids is 3. The van der Waals surface area contributed by atoms with Gasteiger partial charge in [0.25, 0.3) is 17.7 Å². The van der Waals surface area contributed by atoms with Gasteiger partial charge in [-0.2, -0.15) is 0 Å². The molecule has 0 spiro atoms. The van der Waals surface area contributed by atoms with E-state index in [1.165, 1.54) is 4.90 Å². The van der Waals surface area contributed by atoms with Crippen molar-refractivity contribution in [2.45, 2.75) is 26.7 Å². The third-order valence-corrected chi connectivity index (χ3v) is 4.37. The van der Waals surface area contributed by atoms with Crippen molar-refractivity contribution in [3.8, 4) is 0 Å². The first-order valence-corrected chi connectivity index (χ1v) is 8.30. The van der Waals surface area contributed by atoms with Gasteiger partial charge in [0.15, 0.2) is 0 Å². The van der Waals surface area contributed by atoms with Crippen LogP contribution in [0.3, 0.4) is 0 Å². The van der Waals surface area contributed by atoms with Crippen LogP contribution in [-0.2, 0) is 0 Å². The van der Waals surface area contributed by atoms with E-state index >= 15 is 0 Å². The molecule has 2 aromatic carbocycles. The average molecular weight is 324 g/mol. The number of benzene rings is 2. The SMILES string of the molecule is CCCCNC(=O)c1ccc2c3c(cccc13)C(=O)N(CC)C2=O. The Kier molecular flexibility index (Phi) is 4.34. The molecule has 24 heavy (non-hydrogen) atoms. The molecule has 1 aliphatic rings. The molecule has 5 heteroatoms. The standard InChI is InChI=1S/C19H20N2O3/c1-3-5-11-20-17(22)13-9-10-15-16-12(13)7-6-8-14(16)18(23)21(4-2)19(15)24/h6-10H,3-5,11H2,1-2H3,(H,20,22). The number of carbonyl (C=O) groups is 3. The van der Waals surface area contributed by atoms with E-state index in [2.05, 4.69) is 12.2 Å². The molecule has 0 bridgehead atoms. The van der Waals surface area contributed by atoms with Gasteiger partial charge in [-0.25, -0.2) is 0 Å². The molecule has 1 aliphatic heterocycles. The molecule has 0 unspecified atom stereocenters. The molecule has 0 aromatic heterocycles. The highest BCUT2D eigenvalue weighted by molar-refractivity contribution is 6.27. The summed E-state index contributed by atoms with van der Waals surface area (Å²) in [4.78, 5) is 38.8. The fourth-order valence-corrected chi connectivity index (χ4v) is 3.11. The fraction of sp³-hybridized carbons (Fsp3) is 0.316. The molecule has 0 fully saturated rings. The maximum absolute atomic E-state index is 12.5. The summed E-state index contributed by atoms with van der Waals surface area (Å²) in [6, 6.07) is 8.58. The van der Waals surface area contributed by atoms with E-state index in [9.17, 15) is 14.4 Å². The molecule has 1 heterocycles. The molecular formula is C19H20N2O3. The van der Waals surface area contributed by atoms with Gasteiger partial charge < -0.3 is 5.32 Å². The lowest BCUT2D eigenvalue weighted by Crippen LogP contribution is -2.40. The van der Waals surface area contributed by atoms with Crippen LogP contribution >= 0.6 is 0 Å². The number of unbranched alkanes of at least 4 members (excludes halogenated alkanes) is 1. The number of nitrogens with one attached hydrogen (secondary N) is 1. The van der Waals surface area contributed by atoms with Crippen LogP contribution < -0.4 is 5.32 Å². The normalized spacial score (nSPS) is 13.5. The summed E-state index contributed by atoms with van der Waals surface area (Å²) in [5.74, 6) is -0.779. The zero-order valence-electron chi connectivity index (χ0n) is 13.9. The molecule has 5 nitrogen and oxygen atoms in total. The van der Waals surface area contributed by atoms with Crippen molar-refractivity contribution in [1.82, 2.24) is 10.2 Å². The zero-order valence-corrected chi connectivity index (χ0v) is 13.9. The first-order chi connectivity index (χ1) is 11.6. The van der Waals surface area contributed by atoms with Crippen LogP contribution in [0.2, 0.25) is 0 Å². The number of amides is 3. The van der Waals surface area contributed by atoms with E-state index in [0.29, 0.717) is 40.6 Å². The minimum atomic E-state index is -0.302. The van der Waals surface area contributed by atoms with Gasteiger partial charge in [0.2, 0.25) is 0 Å². The second-order valence-corrected chi connectivity index (χ2v) is 5.85.